The van der Waals surface area contributed by atoms with Crippen LogP contribution in [0.3, 0.4) is 0 Å². The Hall–Kier alpha value is -1.25. The maximum Gasteiger partial charge on any atom is 0.162 e. The normalized spacial score (nSPS) is 9.40. The lowest BCUT2D eigenvalue weighted by Gasteiger charge is -2.04. The first-order chi connectivity index (χ1) is 4.75. The van der Waals surface area contributed by atoms with E-state index in [4.69, 9.17) is 10.5 Å². The summed E-state index contributed by atoms with van der Waals surface area (Å²) in [6, 6.07) is 1.71. The zero-order chi connectivity index (χ0) is 7.56. The average molecular weight is 138 g/mol. The Labute approximate surface area is 59.8 Å². The molecule has 0 aliphatic rings. The van der Waals surface area contributed by atoms with E-state index in [2.05, 4.69) is 4.98 Å². The van der Waals surface area contributed by atoms with Gasteiger partial charge in [-0.3, -0.25) is 4.98 Å². The van der Waals surface area contributed by atoms with E-state index >= 15 is 0 Å². The van der Waals surface area contributed by atoms with Crippen molar-refractivity contribution < 1.29 is 4.74 Å². The molecule has 10 heavy (non-hydrogen) atoms. The van der Waals surface area contributed by atoms with E-state index < -0.39 is 0 Å². The van der Waals surface area contributed by atoms with Gasteiger partial charge in [-0.2, -0.15) is 0 Å². The van der Waals surface area contributed by atoms with Gasteiger partial charge < -0.3 is 10.5 Å². The van der Waals surface area contributed by atoms with Gasteiger partial charge in [-0.1, -0.05) is 0 Å². The van der Waals surface area contributed by atoms with Gasteiger partial charge in [0, 0.05) is 6.20 Å². The first kappa shape index (κ1) is 6.86. The van der Waals surface area contributed by atoms with Gasteiger partial charge in [0.15, 0.2) is 5.75 Å². The predicted molar refractivity (Wildman–Crippen MR) is 39.9 cm³/mol. The minimum absolute atomic E-state index is 0.634. The molecule has 3 heteroatoms. The number of pyridine rings is 1. The van der Waals surface area contributed by atoms with Crippen LogP contribution in [0.25, 0.3) is 0 Å². The topological polar surface area (TPSA) is 48.1 Å². The van der Waals surface area contributed by atoms with Gasteiger partial charge in [-0.15, -0.1) is 0 Å². The summed E-state index contributed by atoms with van der Waals surface area (Å²) in [5.74, 6) is 0.669. The van der Waals surface area contributed by atoms with Crippen molar-refractivity contribution in [2.24, 2.45) is 0 Å². The molecule has 0 radical (unpaired) electrons. The molecule has 0 aromatic carbocycles. The molecule has 2 N–H and O–H groups in total. The van der Waals surface area contributed by atoms with Gasteiger partial charge in [0.25, 0.3) is 0 Å². The van der Waals surface area contributed by atoms with Crippen LogP contribution in [0.1, 0.15) is 5.69 Å². The number of nitrogen functional groups attached to an aromatic ring is 1. The first-order valence-corrected chi connectivity index (χ1v) is 3.00. The van der Waals surface area contributed by atoms with Crippen LogP contribution in [0, 0.1) is 6.92 Å². The summed E-state index contributed by atoms with van der Waals surface area (Å²) in [6.45, 7) is 1.86. The molecule has 0 aliphatic carbocycles. The van der Waals surface area contributed by atoms with E-state index in [1.165, 1.54) is 0 Å². The predicted octanol–water partition coefficient (Wildman–Crippen LogP) is 0.981. The molecule has 0 saturated carbocycles. The molecular formula is C7H10N2O. The third-order valence-electron chi connectivity index (χ3n) is 1.32. The number of aryl methyl sites for hydroxylation is 1. The first-order valence-electron chi connectivity index (χ1n) is 3.00. The number of nitrogens with two attached hydrogens (primary N) is 1. The maximum atomic E-state index is 5.57. The van der Waals surface area contributed by atoms with E-state index in [1.807, 2.05) is 6.92 Å². The van der Waals surface area contributed by atoms with Crippen LogP contribution in [0.2, 0.25) is 0 Å². The van der Waals surface area contributed by atoms with Crippen LogP contribution in [-0.4, -0.2) is 12.1 Å². The minimum atomic E-state index is 0.634. The fourth-order valence-electron chi connectivity index (χ4n) is 0.838. The zero-order valence-electron chi connectivity index (χ0n) is 6.09. The summed E-state index contributed by atoms with van der Waals surface area (Å²) in [7, 11) is 1.58. The van der Waals surface area contributed by atoms with Crippen molar-refractivity contribution in [1.82, 2.24) is 4.98 Å². The second kappa shape index (κ2) is 2.56. The molecule has 1 heterocycles. The van der Waals surface area contributed by atoms with Crippen molar-refractivity contribution in [3.8, 4) is 5.75 Å². The zero-order valence-corrected chi connectivity index (χ0v) is 6.09. The monoisotopic (exact) mass is 138 g/mol. The quantitative estimate of drug-likeness (QED) is 0.629. The van der Waals surface area contributed by atoms with Crippen molar-refractivity contribution in [2.75, 3.05) is 12.8 Å². The SMILES string of the molecule is COc1c(N)ccnc1C. The molecule has 0 spiro atoms. The van der Waals surface area contributed by atoms with Gasteiger partial charge in [-0.05, 0) is 13.0 Å². The number of ether oxygens (including phenoxy) is 1. The number of anilines is 1. The molecule has 0 amide bonds. The summed E-state index contributed by atoms with van der Waals surface area (Å²) >= 11 is 0. The number of nitrogens with zero attached hydrogens (tertiary/aromatic N) is 1. The highest BCUT2D eigenvalue weighted by Gasteiger charge is 2.00. The average Bonchev–Trinajstić information content (AvgIpc) is 1.88. The molecule has 0 aliphatic heterocycles. The maximum absolute atomic E-state index is 5.57. The Kier molecular flexibility index (Phi) is 1.76. The molecule has 0 fully saturated rings. The molecular weight excluding hydrogens is 128 g/mol. The van der Waals surface area contributed by atoms with Crippen molar-refractivity contribution in [3.05, 3.63) is 18.0 Å². The summed E-state index contributed by atoms with van der Waals surface area (Å²) < 4.78 is 4.99. The van der Waals surface area contributed by atoms with Crippen molar-refractivity contribution >= 4 is 5.69 Å². The molecule has 0 saturated heterocycles. The van der Waals surface area contributed by atoms with Gasteiger partial charge in [-0.25, -0.2) is 0 Å². The molecule has 1 aromatic heterocycles. The molecule has 1 aromatic rings. The number of hydrogen-bond donors (Lipinski definition) is 1. The molecule has 1 rings (SSSR count). The summed E-state index contributed by atoms with van der Waals surface area (Å²) in [5, 5.41) is 0. The fraction of sp³-hybridized carbons (Fsp3) is 0.286. The lowest BCUT2D eigenvalue weighted by Crippen LogP contribution is -1.95. The Morgan fingerprint density at radius 2 is 2.30 bits per heavy atom. The summed E-state index contributed by atoms with van der Waals surface area (Å²) in [5.41, 5.74) is 7.02. The minimum Gasteiger partial charge on any atom is -0.493 e. The van der Waals surface area contributed by atoms with Gasteiger partial charge in [0.05, 0.1) is 18.5 Å². The molecule has 54 valence electrons. The van der Waals surface area contributed by atoms with E-state index in [0.29, 0.717) is 11.4 Å². The van der Waals surface area contributed by atoms with Crippen LogP contribution in [-0.2, 0) is 0 Å². The highest BCUT2D eigenvalue weighted by molar-refractivity contribution is 5.53. The Morgan fingerprint density at radius 3 is 2.70 bits per heavy atom. The highest BCUT2D eigenvalue weighted by Crippen LogP contribution is 2.21. The second-order valence-electron chi connectivity index (χ2n) is 2.02. The standard InChI is InChI=1S/C7H10N2O/c1-5-7(10-2)6(8)3-4-9-5/h3-4H,1-2H3,(H2,8,9). The second-order valence-corrected chi connectivity index (χ2v) is 2.02. The van der Waals surface area contributed by atoms with Crippen molar-refractivity contribution in [3.63, 3.8) is 0 Å². The Bertz CT molecular complexity index is 215. The van der Waals surface area contributed by atoms with Gasteiger partial charge >= 0.3 is 0 Å². The number of rotatable bonds is 1. The van der Waals surface area contributed by atoms with Gasteiger partial charge in [0.2, 0.25) is 0 Å². The van der Waals surface area contributed by atoms with Crippen molar-refractivity contribution in [1.29, 1.82) is 0 Å². The lowest BCUT2D eigenvalue weighted by atomic mass is 10.3. The number of aromatic nitrogens is 1. The number of methoxy groups -OCH3 is 1. The van der Waals surface area contributed by atoms with Crippen molar-refractivity contribution in [2.45, 2.75) is 6.92 Å². The highest BCUT2D eigenvalue weighted by atomic mass is 16.5. The van der Waals surface area contributed by atoms with E-state index in [-0.39, 0.29) is 0 Å². The van der Waals surface area contributed by atoms with Crippen LogP contribution >= 0.6 is 0 Å². The molecule has 0 unspecified atom stereocenters. The van der Waals surface area contributed by atoms with Crippen LogP contribution in [0.5, 0.6) is 5.75 Å². The van der Waals surface area contributed by atoms with E-state index in [1.54, 1.807) is 19.4 Å². The van der Waals surface area contributed by atoms with Crippen LogP contribution < -0.4 is 10.5 Å². The smallest absolute Gasteiger partial charge is 0.162 e. The largest absolute Gasteiger partial charge is 0.493 e. The summed E-state index contributed by atoms with van der Waals surface area (Å²) in [4.78, 5) is 4.01. The van der Waals surface area contributed by atoms with E-state index in [9.17, 15) is 0 Å². The molecule has 3 nitrogen and oxygen atoms in total. The third-order valence-corrected chi connectivity index (χ3v) is 1.32. The Balaban J connectivity index is 3.17. The van der Waals surface area contributed by atoms with Crippen LogP contribution in [0.4, 0.5) is 5.69 Å². The number of hydrogen-bond acceptors (Lipinski definition) is 3. The third kappa shape index (κ3) is 1.03. The fourth-order valence-corrected chi connectivity index (χ4v) is 0.838. The van der Waals surface area contributed by atoms with Crippen LogP contribution in [0.15, 0.2) is 12.3 Å². The van der Waals surface area contributed by atoms with E-state index in [0.717, 1.165) is 5.69 Å². The lowest BCUT2D eigenvalue weighted by molar-refractivity contribution is 0.411. The van der Waals surface area contributed by atoms with Gasteiger partial charge in [0.1, 0.15) is 0 Å². The Morgan fingerprint density at radius 1 is 1.60 bits per heavy atom. The summed E-state index contributed by atoms with van der Waals surface area (Å²) in [6.07, 6.45) is 1.66. The molecule has 0 bridgehead atoms. The molecule has 0 atom stereocenters.